The molecule has 0 saturated carbocycles. The van der Waals surface area contributed by atoms with E-state index in [1.165, 1.54) is 0 Å². The van der Waals surface area contributed by atoms with Gasteiger partial charge in [-0.2, -0.15) is 0 Å². The monoisotopic (exact) mass is 291 g/mol. The molecule has 0 spiro atoms. The lowest BCUT2D eigenvalue weighted by Crippen LogP contribution is -2.44. The number of ether oxygens (including phenoxy) is 2. The lowest BCUT2D eigenvalue weighted by atomic mass is 9.77. The number of hydrogen-bond acceptors (Lipinski definition) is 4. The van der Waals surface area contributed by atoms with E-state index in [1.807, 2.05) is 25.1 Å². The fraction of sp³-hybridized carbons (Fsp3) is 0.500. The number of imide groups is 1. The maximum atomic E-state index is 12.1. The largest absolute Gasteiger partial charge is 0.493 e. The third kappa shape index (κ3) is 3.01. The van der Waals surface area contributed by atoms with Crippen LogP contribution in [-0.2, 0) is 9.59 Å². The molecule has 2 atom stereocenters. The summed E-state index contributed by atoms with van der Waals surface area (Å²) < 4.78 is 10.8. The minimum atomic E-state index is -0.234. The second kappa shape index (κ2) is 6.61. The van der Waals surface area contributed by atoms with Gasteiger partial charge in [0, 0.05) is 23.8 Å². The Kier molecular flexibility index (Phi) is 4.83. The SMILES string of the molecule is CCCC1C(=O)NC(=O)CC1c1cccc(OC)c1OC. The van der Waals surface area contributed by atoms with Crippen LogP contribution >= 0.6 is 0 Å². The first-order valence-corrected chi connectivity index (χ1v) is 7.16. The smallest absolute Gasteiger partial charge is 0.230 e. The molecule has 0 aromatic heterocycles. The Morgan fingerprint density at radius 1 is 1.24 bits per heavy atom. The first kappa shape index (κ1) is 15.4. The number of carbonyl (C=O) groups is 2. The summed E-state index contributed by atoms with van der Waals surface area (Å²) in [6.07, 6.45) is 1.92. The minimum Gasteiger partial charge on any atom is -0.493 e. The van der Waals surface area contributed by atoms with E-state index in [1.54, 1.807) is 14.2 Å². The van der Waals surface area contributed by atoms with Crippen LogP contribution in [0.3, 0.4) is 0 Å². The zero-order valence-corrected chi connectivity index (χ0v) is 12.6. The summed E-state index contributed by atoms with van der Waals surface area (Å²) in [4.78, 5) is 23.9. The van der Waals surface area contributed by atoms with E-state index < -0.39 is 0 Å². The van der Waals surface area contributed by atoms with Crippen molar-refractivity contribution in [2.24, 2.45) is 5.92 Å². The molecule has 2 rings (SSSR count). The molecule has 1 N–H and O–H groups in total. The molecule has 114 valence electrons. The van der Waals surface area contributed by atoms with E-state index >= 15 is 0 Å². The van der Waals surface area contributed by atoms with E-state index in [4.69, 9.17) is 9.47 Å². The van der Waals surface area contributed by atoms with Crippen LogP contribution in [0.2, 0.25) is 0 Å². The van der Waals surface area contributed by atoms with Crippen molar-refractivity contribution >= 4 is 11.8 Å². The van der Waals surface area contributed by atoms with Gasteiger partial charge in [-0.05, 0) is 12.5 Å². The molecule has 2 unspecified atom stereocenters. The fourth-order valence-electron chi connectivity index (χ4n) is 2.98. The number of benzene rings is 1. The molecule has 0 aliphatic carbocycles. The van der Waals surface area contributed by atoms with Crippen LogP contribution in [0.25, 0.3) is 0 Å². The van der Waals surface area contributed by atoms with Gasteiger partial charge in [0.1, 0.15) is 0 Å². The number of amides is 2. The normalized spacial score (nSPS) is 21.9. The topological polar surface area (TPSA) is 64.6 Å². The van der Waals surface area contributed by atoms with Crippen molar-refractivity contribution in [3.8, 4) is 11.5 Å². The molecule has 1 saturated heterocycles. The molecule has 1 heterocycles. The van der Waals surface area contributed by atoms with Gasteiger partial charge in [0.15, 0.2) is 11.5 Å². The number of rotatable bonds is 5. The lowest BCUT2D eigenvalue weighted by Gasteiger charge is -2.31. The Hall–Kier alpha value is -2.04. The second-order valence-corrected chi connectivity index (χ2v) is 5.20. The zero-order valence-electron chi connectivity index (χ0n) is 12.6. The predicted molar refractivity (Wildman–Crippen MR) is 78.5 cm³/mol. The Bertz CT molecular complexity index is 541. The van der Waals surface area contributed by atoms with Gasteiger partial charge >= 0.3 is 0 Å². The molecule has 1 fully saturated rings. The minimum absolute atomic E-state index is 0.170. The molecule has 1 aromatic rings. The highest BCUT2D eigenvalue weighted by molar-refractivity contribution is 6.00. The van der Waals surface area contributed by atoms with Gasteiger partial charge < -0.3 is 9.47 Å². The Morgan fingerprint density at radius 3 is 2.62 bits per heavy atom. The number of para-hydroxylation sites is 1. The number of carbonyl (C=O) groups excluding carboxylic acids is 2. The van der Waals surface area contributed by atoms with Crippen LogP contribution in [0.4, 0.5) is 0 Å². The highest BCUT2D eigenvalue weighted by Gasteiger charge is 2.37. The molecule has 1 aromatic carbocycles. The van der Waals surface area contributed by atoms with Crippen molar-refractivity contribution in [1.29, 1.82) is 0 Å². The molecular weight excluding hydrogens is 270 g/mol. The number of methoxy groups -OCH3 is 2. The Balaban J connectivity index is 2.45. The van der Waals surface area contributed by atoms with E-state index in [9.17, 15) is 9.59 Å². The van der Waals surface area contributed by atoms with Gasteiger partial charge in [-0.3, -0.25) is 14.9 Å². The van der Waals surface area contributed by atoms with Gasteiger partial charge in [-0.25, -0.2) is 0 Å². The van der Waals surface area contributed by atoms with Gasteiger partial charge in [0.05, 0.1) is 14.2 Å². The maximum absolute atomic E-state index is 12.1. The molecule has 1 aliphatic heterocycles. The quantitative estimate of drug-likeness (QED) is 0.845. The van der Waals surface area contributed by atoms with E-state index in [-0.39, 0.29) is 23.7 Å². The Labute approximate surface area is 124 Å². The maximum Gasteiger partial charge on any atom is 0.230 e. The second-order valence-electron chi connectivity index (χ2n) is 5.20. The lowest BCUT2D eigenvalue weighted by molar-refractivity contribution is -0.137. The van der Waals surface area contributed by atoms with Crippen molar-refractivity contribution in [2.45, 2.75) is 32.1 Å². The van der Waals surface area contributed by atoms with Crippen molar-refractivity contribution in [2.75, 3.05) is 14.2 Å². The molecule has 1 aliphatic rings. The molecule has 5 heteroatoms. The number of piperidine rings is 1. The highest BCUT2D eigenvalue weighted by Crippen LogP contribution is 2.42. The van der Waals surface area contributed by atoms with Crippen LogP contribution in [0, 0.1) is 5.92 Å². The van der Waals surface area contributed by atoms with E-state index in [0.29, 0.717) is 17.9 Å². The van der Waals surface area contributed by atoms with Gasteiger partial charge in [-0.15, -0.1) is 0 Å². The molecule has 0 radical (unpaired) electrons. The summed E-state index contributed by atoms with van der Waals surface area (Å²) in [5, 5.41) is 2.43. The molecule has 21 heavy (non-hydrogen) atoms. The zero-order chi connectivity index (χ0) is 15.4. The molecule has 2 amide bonds. The van der Waals surface area contributed by atoms with Crippen LogP contribution in [0.15, 0.2) is 18.2 Å². The molecule has 0 bridgehead atoms. The summed E-state index contributed by atoms with van der Waals surface area (Å²) in [6.45, 7) is 2.03. The average molecular weight is 291 g/mol. The predicted octanol–water partition coefficient (Wildman–Crippen LogP) is 2.25. The first-order chi connectivity index (χ1) is 10.1. The van der Waals surface area contributed by atoms with Crippen molar-refractivity contribution < 1.29 is 19.1 Å². The van der Waals surface area contributed by atoms with Crippen LogP contribution in [-0.4, -0.2) is 26.0 Å². The Morgan fingerprint density at radius 2 is 2.00 bits per heavy atom. The summed E-state index contributed by atoms with van der Waals surface area (Å²) in [6, 6.07) is 5.57. The van der Waals surface area contributed by atoms with Crippen LogP contribution in [0.5, 0.6) is 11.5 Å². The van der Waals surface area contributed by atoms with Crippen LogP contribution < -0.4 is 14.8 Å². The first-order valence-electron chi connectivity index (χ1n) is 7.16. The highest BCUT2D eigenvalue weighted by atomic mass is 16.5. The van der Waals surface area contributed by atoms with E-state index in [2.05, 4.69) is 5.32 Å². The average Bonchev–Trinajstić information content (AvgIpc) is 2.48. The summed E-state index contributed by atoms with van der Waals surface area (Å²) in [5.74, 6) is 0.410. The molecular formula is C16H21NO4. The third-order valence-electron chi connectivity index (χ3n) is 3.92. The van der Waals surface area contributed by atoms with Crippen molar-refractivity contribution in [3.05, 3.63) is 23.8 Å². The van der Waals surface area contributed by atoms with Crippen LogP contribution in [0.1, 0.15) is 37.7 Å². The summed E-state index contributed by atoms with van der Waals surface area (Å²) in [5.41, 5.74) is 0.860. The van der Waals surface area contributed by atoms with Gasteiger partial charge in [0.2, 0.25) is 11.8 Å². The standard InChI is InChI=1S/C16H21NO4/c1-4-6-11-12(9-14(18)17-16(11)19)10-7-5-8-13(20-2)15(10)21-3/h5,7-8,11-12H,4,6,9H2,1-3H3,(H,17,18,19). The third-order valence-corrected chi connectivity index (χ3v) is 3.92. The number of hydrogen-bond donors (Lipinski definition) is 1. The van der Waals surface area contributed by atoms with Gasteiger partial charge in [0.25, 0.3) is 0 Å². The molecule has 5 nitrogen and oxygen atoms in total. The van der Waals surface area contributed by atoms with E-state index in [0.717, 1.165) is 18.4 Å². The van der Waals surface area contributed by atoms with Crippen molar-refractivity contribution in [3.63, 3.8) is 0 Å². The van der Waals surface area contributed by atoms with Gasteiger partial charge in [-0.1, -0.05) is 25.5 Å². The summed E-state index contributed by atoms with van der Waals surface area (Å²) >= 11 is 0. The van der Waals surface area contributed by atoms with Crippen molar-refractivity contribution in [1.82, 2.24) is 5.32 Å². The fourth-order valence-corrected chi connectivity index (χ4v) is 2.98. The summed E-state index contributed by atoms with van der Waals surface area (Å²) in [7, 11) is 3.14. The number of nitrogens with one attached hydrogen (secondary N) is 1.